The molecule has 1 N–H and O–H groups in total. The van der Waals surface area contributed by atoms with E-state index in [0.29, 0.717) is 13.0 Å². The average molecular weight is 354 g/mol. The van der Waals surface area contributed by atoms with Gasteiger partial charge in [0.2, 0.25) is 0 Å². The molecule has 2 nitrogen and oxygen atoms in total. The fourth-order valence-corrected chi connectivity index (χ4v) is 2.44. The molecule has 21 heavy (non-hydrogen) atoms. The van der Waals surface area contributed by atoms with Crippen LogP contribution in [0.1, 0.15) is 21.5 Å². The van der Waals surface area contributed by atoms with Crippen LogP contribution in [-0.4, -0.2) is 12.5 Å². The molecule has 2 rings (SSSR count). The first-order valence-corrected chi connectivity index (χ1v) is 7.25. The van der Waals surface area contributed by atoms with E-state index in [2.05, 4.69) is 21.2 Å². The highest BCUT2D eigenvalue weighted by Gasteiger charge is 2.17. The van der Waals surface area contributed by atoms with Crippen molar-refractivity contribution in [2.45, 2.75) is 13.3 Å². The van der Waals surface area contributed by atoms with Crippen LogP contribution in [0.15, 0.2) is 40.9 Å². The van der Waals surface area contributed by atoms with Gasteiger partial charge in [-0.2, -0.15) is 0 Å². The third kappa shape index (κ3) is 4.11. The number of aryl methyl sites for hydroxylation is 1. The van der Waals surface area contributed by atoms with Crippen LogP contribution in [0.4, 0.5) is 8.78 Å². The summed E-state index contributed by atoms with van der Waals surface area (Å²) in [5.74, 6) is -2.50. The number of benzene rings is 2. The number of carbonyl (C=O) groups is 1. The van der Waals surface area contributed by atoms with Gasteiger partial charge in [-0.15, -0.1) is 0 Å². The number of amides is 1. The summed E-state index contributed by atoms with van der Waals surface area (Å²) < 4.78 is 27.5. The highest BCUT2D eigenvalue weighted by atomic mass is 79.9. The van der Waals surface area contributed by atoms with Crippen LogP contribution < -0.4 is 5.32 Å². The van der Waals surface area contributed by atoms with Crippen LogP contribution in [0.2, 0.25) is 0 Å². The smallest absolute Gasteiger partial charge is 0.257 e. The molecule has 0 aromatic heterocycles. The van der Waals surface area contributed by atoms with Crippen molar-refractivity contribution in [3.05, 3.63) is 69.2 Å². The lowest BCUT2D eigenvalue weighted by atomic mass is 10.1. The van der Waals surface area contributed by atoms with Crippen molar-refractivity contribution in [3.63, 3.8) is 0 Å². The number of halogens is 3. The van der Waals surface area contributed by atoms with Crippen LogP contribution in [0, 0.1) is 18.6 Å². The van der Waals surface area contributed by atoms with E-state index < -0.39 is 23.1 Å². The van der Waals surface area contributed by atoms with Gasteiger partial charge in [0.05, 0.1) is 0 Å². The standard InChI is InChI=1S/C16H14BrF2NO/c1-10-3-2-4-11(7-10)5-6-20-16(21)15-13(18)8-12(17)9-14(15)19/h2-4,7-9H,5-6H2,1H3,(H,20,21). The molecule has 0 saturated carbocycles. The molecule has 0 aliphatic rings. The lowest BCUT2D eigenvalue weighted by Crippen LogP contribution is -2.27. The number of nitrogens with one attached hydrogen (secondary N) is 1. The number of rotatable bonds is 4. The molecule has 0 atom stereocenters. The molecular weight excluding hydrogens is 340 g/mol. The zero-order valence-corrected chi connectivity index (χ0v) is 13.0. The second-order valence-electron chi connectivity index (χ2n) is 4.74. The van der Waals surface area contributed by atoms with E-state index in [1.807, 2.05) is 31.2 Å². The highest BCUT2D eigenvalue weighted by Crippen LogP contribution is 2.19. The molecule has 0 spiro atoms. The van der Waals surface area contributed by atoms with Crippen molar-refractivity contribution in [1.82, 2.24) is 5.32 Å². The van der Waals surface area contributed by atoms with Crippen molar-refractivity contribution >= 4 is 21.8 Å². The van der Waals surface area contributed by atoms with E-state index in [1.165, 1.54) is 0 Å². The van der Waals surface area contributed by atoms with Gasteiger partial charge in [-0.1, -0.05) is 45.8 Å². The Hall–Kier alpha value is -1.75. The maximum Gasteiger partial charge on any atom is 0.257 e. The van der Waals surface area contributed by atoms with E-state index in [0.717, 1.165) is 23.3 Å². The van der Waals surface area contributed by atoms with E-state index in [4.69, 9.17) is 0 Å². The second kappa shape index (κ2) is 6.80. The molecule has 0 aliphatic heterocycles. The fraction of sp³-hybridized carbons (Fsp3) is 0.188. The molecular formula is C16H14BrF2NO. The Bertz CT molecular complexity index is 650. The summed E-state index contributed by atoms with van der Waals surface area (Å²) in [6.45, 7) is 2.30. The third-order valence-corrected chi connectivity index (χ3v) is 3.47. The van der Waals surface area contributed by atoms with E-state index in [-0.39, 0.29) is 4.47 Å². The van der Waals surface area contributed by atoms with Gasteiger partial charge in [0.25, 0.3) is 5.91 Å². The predicted molar refractivity (Wildman–Crippen MR) is 81.3 cm³/mol. The van der Waals surface area contributed by atoms with Crippen LogP contribution in [0.5, 0.6) is 0 Å². The Labute approximate surface area is 130 Å². The van der Waals surface area contributed by atoms with Crippen LogP contribution in [-0.2, 0) is 6.42 Å². The predicted octanol–water partition coefficient (Wildman–Crippen LogP) is 4.01. The summed E-state index contributed by atoms with van der Waals surface area (Å²) in [4.78, 5) is 11.8. The topological polar surface area (TPSA) is 29.1 Å². The molecule has 0 radical (unpaired) electrons. The minimum atomic E-state index is -0.880. The van der Waals surface area contributed by atoms with Crippen LogP contribution in [0.3, 0.4) is 0 Å². The summed E-state index contributed by atoms with van der Waals surface area (Å²) in [7, 11) is 0. The van der Waals surface area contributed by atoms with E-state index in [1.54, 1.807) is 0 Å². The number of hydrogen-bond acceptors (Lipinski definition) is 1. The Morgan fingerprint density at radius 2 is 1.86 bits per heavy atom. The van der Waals surface area contributed by atoms with Gasteiger partial charge in [0, 0.05) is 11.0 Å². The molecule has 2 aromatic carbocycles. The Morgan fingerprint density at radius 1 is 1.19 bits per heavy atom. The first kappa shape index (κ1) is 15.6. The van der Waals surface area contributed by atoms with Crippen LogP contribution in [0.25, 0.3) is 0 Å². The van der Waals surface area contributed by atoms with Gasteiger partial charge in [-0.25, -0.2) is 8.78 Å². The third-order valence-electron chi connectivity index (χ3n) is 3.02. The van der Waals surface area contributed by atoms with Crippen molar-refractivity contribution in [3.8, 4) is 0 Å². The SMILES string of the molecule is Cc1cccc(CCNC(=O)c2c(F)cc(Br)cc2F)c1. The van der Waals surface area contributed by atoms with Crippen LogP contribution >= 0.6 is 15.9 Å². The minimum Gasteiger partial charge on any atom is -0.352 e. The Balaban J connectivity index is 1.99. The normalized spacial score (nSPS) is 10.5. The molecule has 2 aromatic rings. The highest BCUT2D eigenvalue weighted by molar-refractivity contribution is 9.10. The van der Waals surface area contributed by atoms with Gasteiger partial charge < -0.3 is 5.32 Å². The maximum atomic E-state index is 13.6. The molecule has 5 heteroatoms. The summed E-state index contributed by atoms with van der Waals surface area (Å²) in [6.07, 6.45) is 0.604. The van der Waals surface area contributed by atoms with Gasteiger partial charge in [0.15, 0.2) is 0 Å². The van der Waals surface area contributed by atoms with Crippen molar-refractivity contribution in [2.24, 2.45) is 0 Å². The lowest BCUT2D eigenvalue weighted by Gasteiger charge is -2.08. The monoisotopic (exact) mass is 353 g/mol. The molecule has 0 fully saturated rings. The second-order valence-corrected chi connectivity index (χ2v) is 5.66. The average Bonchev–Trinajstić information content (AvgIpc) is 2.37. The first-order valence-electron chi connectivity index (χ1n) is 6.45. The molecule has 0 bridgehead atoms. The minimum absolute atomic E-state index is 0.258. The molecule has 110 valence electrons. The summed E-state index contributed by atoms with van der Waals surface area (Å²) in [5, 5.41) is 2.53. The summed E-state index contributed by atoms with van der Waals surface area (Å²) in [5.41, 5.74) is 1.64. The van der Waals surface area contributed by atoms with E-state index in [9.17, 15) is 13.6 Å². The van der Waals surface area contributed by atoms with Gasteiger partial charge in [-0.05, 0) is 31.0 Å². The molecule has 0 heterocycles. The molecule has 0 unspecified atom stereocenters. The summed E-state index contributed by atoms with van der Waals surface area (Å²) in [6, 6.07) is 10.00. The Kier molecular flexibility index (Phi) is 5.07. The summed E-state index contributed by atoms with van der Waals surface area (Å²) >= 11 is 2.97. The van der Waals surface area contributed by atoms with Gasteiger partial charge in [0.1, 0.15) is 17.2 Å². The quantitative estimate of drug-likeness (QED) is 0.883. The van der Waals surface area contributed by atoms with Gasteiger partial charge >= 0.3 is 0 Å². The number of hydrogen-bond donors (Lipinski definition) is 1. The molecule has 0 saturated heterocycles. The fourth-order valence-electron chi connectivity index (χ4n) is 2.04. The van der Waals surface area contributed by atoms with E-state index >= 15 is 0 Å². The van der Waals surface area contributed by atoms with Crippen molar-refractivity contribution in [2.75, 3.05) is 6.54 Å². The number of carbonyl (C=O) groups excluding carboxylic acids is 1. The molecule has 0 aliphatic carbocycles. The zero-order chi connectivity index (χ0) is 15.4. The largest absolute Gasteiger partial charge is 0.352 e. The van der Waals surface area contributed by atoms with Crippen molar-refractivity contribution in [1.29, 1.82) is 0 Å². The zero-order valence-electron chi connectivity index (χ0n) is 11.4. The molecule has 1 amide bonds. The van der Waals surface area contributed by atoms with Crippen molar-refractivity contribution < 1.29 is 13.6 Å². The lowest BCUT2D eigenvalue weighted by molar-refractivity contribution is 0.0945. The van der Waals surface area contributed by atoms with Gasteiger partial charge in [-0.3, -0.25) is 4.79 Å². The maximum absolute atomic E-state index is 13.6. The first-order chi connectivity index (χ1) is 9.97. The Morgan fingerprint density at radius 3 is 2.48 bits per heavy atom.